The zero-order chi connectivity index (χ0) is 21.7. The Kier molecular flexibility index (Phi) is 6.94. The van der Waals surface area contributed by atoms with E-state index >= 15 is 0 Å². The van der Waals surface area contributed by atoms with Crippen LogP contribution < -0.4 is 10.6 Å². The molecular formula is C16H13ClIN7O5. The molecule has 0 saturated carbocycles. The number of nitro groups is 1. The largest absolute Gasteiger partial charge is 0.350 e. The second-order valence-electron chi connectivity index (χ2n) is 5.80. The van der Waals surface area contributed by atoms with Crippen LogP contribution in [0.4, 0.5) is 5.69 Å². The van der Waals surface area contributed by atoms with Crippen LogP contribution in [-0.4, -0.2) is 49.7 Å². The lowest BCUT2D eigenvalue weighted by atomic mass is 10.2. The third-order valence-corrected chi connectivity index (χ3v) is 4.56. The zero-order valence-electron chi connectivity index (χ0n) is 15.0. The molecule has 14 heteroatoms. The molecule has 2 amide bonds. The minimum absolute atomic E-state index is 0.0352. The van der Waals surface area contributed by atoms with E-state index in [2.05, 4.69) is 48.5 Å². The normalized spacial score (nSPS) is 10.6. The zero-order valence-corrected chi connectivity index (χ0v) is 18.0. The molecule has 2 heterocycles. The van der Waals surface area contributed by atoms with Gasteiger partial charge in [-0.15, -0.1) is 0 Å². The van der Waals surface area contributed by atoms with Crippen molar-refractivity contribution >= 4 is 51.7 Å². The maximum Gasteiger partial charge on any atom is 0.316 e. The van der Waals surface area contributed by atoms with Crippen molar-refractivity contribution in [1.29, 1.82) is 0 Å². The molecule has 0 aliphatic carbocycles. The first-order valence-electron chi connectivity index (χ1n) is 8.34. The summed E-state index contributed by atoms with van der Waals surface area (Å²) < 4.78 is 7.47. The lowest BCUT2D eigenvalue weighted by Crippen LogP contribution is -2.35. The second kappa shape index (κ2) is 9.62. The summed E-state index contributed by atoms with van der Waals surface area (Å²) in [5.41, 5.74) is -0.290. The maximum atomic E-state index is 12.2. The maximum absolute atomic E-state index is 12.2. The van der Waals surface area contributed by atoms with Gasteiger partial charge in [-0.3, -0.25) is 24.4 Å². The number of halogens is 2. The fourth-order valence-corrected chi connectivity index (χ4v) is 2.95. The first-order chi connectivity index (χ1) is 14.3. The highest BCUT2D eigenvalue weighted by Gasteiger charge is 2.17. The molecule has 0 atom stereocenters. The van der Waals surface area contributed by atoms with E-state index in [1.807, 2.05) is 0 Å². The number of carbonyl (C=O) groups is 2. The van der Waals surface area contributed by atoms with Gasteiger partial charge in [0.2, 0.25) is 0 Å². The molecule has 12 nitrogen and oxygen atoms in total. The summed E-state index contributed by atoms with van der Waals surface area (Å²) in [6.45, 7) is 0.363. The van der Waals surface area contributed by atoms with Crippen molar-refractivity contribution in [1.82, 2.24) is 30.6 Å². The molecular weight excluding hydrogens is 533 g/mol. The number of hydrogen-bond donors (Lipinski definition) is 2. The number of nitro benzene ring substituents is 1. The Morgan fingerprint density at radius 2 is 2.00 bits per heavy atom. The highest BCUT2D eigenvalue weighted by Crippen LogP contribution is 2.21. The number of hydrogen-bond acceptors (Lipinski definition) is 8. The Morgan fingerprint density at radius 3 is 2.67 bits per heavy atom. The second-order valence-corrected chi connectivity index (χ2v) is 7.46. The average Bonchev–Trinajstić information content (AvgIpc) is 3.34. The number of benzene rings is 1. The van der Waals surface area contributed by atoms with Gasteiger partial charge in [0.15, 0.2) is 5.82 Å². The Hall–Kier alpha value is -3.07. The average molecular weight is 546 g/mol. The summed E-state index contributed by atoms with van der Waals surface area (Å²) in [7, 11) is 0. The van der Waals surface area contributed by atoms with E-state index in [4.69, 9.17) is 16.1 Å². The van der Waals surface area contributed by atoms with Crippen LogP contribution in [0.5, 0.6) is 0 Å². The van der Waals surface area contributed by atoms with Crippen molar-refractivity contribution in [2.75, 3.05) is 13.1 Å². The van der Waals surface area contributed by atoms with Crippen LogP contribution in [0.3, 0.4) is 0 Å². The number of nitrogens with zero attached hydrogens (tertiary/aromatic N) is 5. The number of nitrogens with one attached hydrogen (secondary N) is 2. The van der Waals surface area contributed by atoms with Crippen molar-refractivity contribution in [2.24, 2.45) is 0 Å². The molecule has 2 aromatic heterocycles. The fourth-order valence-electron chi connectivity index (χ4n) is 2.30. The predicted octanol–water partition coefficient (Wildman–Crippen LogP) is 1.64. The molecule has 0 fully saturated rings. The van der Waals surface area contributed by atoms with Crippen LogP contribution in [0.1, 0.15) is 26.9 Å². The van der Waals surface area contributed by atoms with E-state index in [0.717, 1.165) is 9.64 Å². The van der Waals surface area contributed by atoms with Gasteiger partial charge in [0.25, 0.3) is 11.6 Å². The van der Waals surface area contributed by atoms with E-state index in [-0.39, 0.29) is 47.6 Å². The van der Waals surface area contributed by atoms with Gasteiger partial charge in [-0.05, 0) is 28.7 Å². The number of rotatable bonds is 8. The third-order valence-electron chi connectivity index (χ3n) is 3.67. The molecule has 0 saturated heterocycles. The molecule has 0 aliphatic heterocycles. The molecule has 0 radical (unpaired) electrons. The van der Waals surface area contributed by atoms with Crippen molar-refractivity contribution in [3.8, 4) is 0 Å². The summed E-state index contributed by atoms with van der Waals surface area (Å²) in [6.07, 6.45) is 3.45. The Balaban J connectivity index is 1.47. The SMILES string of the molecule is O=C(NCCNC(=O)c1cc([N+](=O)[O-])ccc1Cl)c1nc(Cn2cc(I)cn2)no1. The predicted molar refractivity (Wildman–Crippen MR) is 111 cm³/mol. The first kappa shape index (κ1) is 21.6. The molecule has 0 bridgehead atoms. The van der Waals surface area contributed by atoms with Gasteiger partial charge < -0.3 is 15.2 Å². The third kappa shape index (κ3) is 5.50. The summed E-state index contributed by atoms with van der Waals surface area (Å²) in [5.74, 6) is -1.15. The van der Waals surface area contributed by atoms with Crippen LogP contribution in [0, 0.1) is 13.7 Å². The topological polar surface area (TPSA) is 158 Å². The number of carbonyl (C=O) groups excluding carboxylic acids is 2. The van der Waals surface area contributed by atoms with Crippen molar-refractivity contribution < 1.29 is 19.0 Å². The summed E-state index contributed by atoms with van der Waals surface area (Å²) in [5, 5.41) is 23.7. The quantitative estimate of drug-likeness (QED) is 0.187. The Morgan fingerprint density at radius 1 is 1.27 bits per heavy atom. The van der Waals surface area contributed by atoms with Crippen LogP contribution in [0.15, 0.2) is 35.1 Å². The molecule has 0 unspecified atom stereocenters. The fraction of sp³-hybridized carbons (Fsp3) is 0.188. The molecule has 156 valence electrons. The van der Waals surface area contributed by atoms with E-state index in [9.17, 15) is 19.7 Å². The lowest BCUT2D eigenvalue weighted by molar-refractivity contribution is -0.384. The molecule has 0 spiro atoms. The van der Waals surface area contributed by atoms with Gasteiger partial charge >= 0.3 is 11.8 Å². The minimum Gasteiger partial charge on any atom is -0.350 e. The highest BCUT2D eigenvalue weighted by molar-refractivity contribution is 14.1. The molecule has 3 aromatic rings. The summed E-state index contributed by atoms with van der Waals surface area (Å²) >= 11 is 8.03. The van der Waals surface area contributed by atoms with E-state index in [1.54, 1.807) is 17.1 Å². The van der Waals surface area contributed by atoms with Crippen LogP contribution in [-0.2, 0) is 6.54 Å². The van der Waals surface area contributed by atoms with Crippen LogP contribution in [0.25, 0.3) is 0 Å². The number of amides is 2. The molecule has 0 aliphatic rings. The Bertz CT molecular complexity index is 1100. The van der Waals surface area contributed by atoms with Crippen LogP contribution in [0.2, 0.25) is 5.02 Å². The smallest absolute Gasteiger partial charge is 0.316 e. The highest BCUT2D eigenvalue weighted by atomic mass is 127. The van der Waals surface area contributed by atoms with Gasteiger partial charge in [-0.25, -0.2) is 0 Å². The van der Waals surface area contributed by atoms with Crippen molar-refractivity contribution in [3.63, 3.8) is 0 Å². The monoisotopic (exact) mass is 545 g/mol. The van der Waals surface area contributed by atoms with E-state index in [0.29, 0.717) is 0 Å². The lowest BCUT2D eigenvalue weighted by Gasteiger charge is -2.07. The molecule has 30 heavy (non-hydrogen) atoms. The molecule has 1 aromatic carbocycles. The van der Waals surface area contributed by atoms with E-state index in [1.165, 1.54) is 12.1 Å². The molecule has 3 rings (SSSR count). The Labute approximate surface area is 187 Å². The molecule has 2 N–H and O–H groups in total. The van der Waals surface area contributed by atoms with Crippen molar-refractivity contribution in [2.45, 2.75) is 6.54 Å². The van der Waals surface area contributed by atoms with E-state index < -0.39 is 16.7 Å². The van der Waals surface area contributed by atoms with Crippen molar-refractivity contribution in [3.05, 3.63) is 66.6 Å². The van der Waals surface area contributed by atoms with Gasteiger partial charge in [-0.2, -0.15) is 10.1 Å². The van der Waals surface area contributed by atoms with Gasteiger partial charge in [0.05, 0.1) is 25.3 Å². The summed E-state index contributed by atoms with van der Waals surface area (Å²) in [4.78, 5) is 38.4. The van der Waals surface area contributed by atoms with Gasteiger partial charge in [0, 0.05) is 31.4 Å². The number of aromatic nitrogens is 4. The van der Waals surface area contributed by atoms with Gasteiger partial charge in [0.1, 0.15) is 6.54 Å². The summed E-state index contributed by atoms with van der Waals surface area (Å²) in [6, 6.07) is 3.55. The first-order valence-corrected chi connectivity index (χ1v) is 9.80. The standard InChI is InChI=1S/C16H13ClIN7O5/c17-12-2-1-10(25(28)29)5-11(12)14(26)19-3-4-20-15(27)16-22-13(23-30-16)8-24-7-9(18)6-21-24/h1-2,5-7H,3-4,8H2,(H,19,26)(H,20,27). The minimum atomic E-state index is -0.626. The number of non-ortho nitro benzene ring substituents is 1. The van der Waals surface area contributed by atoms with Gasteiger partial charge in [-0.1, -0.05) is 16.8 Å². The van der Waals surface area contributed by atoms with Crippen LogP contribution >= 0.6 is 34.2 Å².